The summed E-state index contributed by atoms with van der Waals surface area (Å²) in [5, 5.41) is 31.1. The molecule has 0 heterocycles. The molecule has 3 aromatic rings. The van der Waals surface area contributed by atoms with Gasteiger partial charge in [-0.25, -0.2) is 8.42 Å². The number of anilines is 2. The second-order valence-electron chi connectivity index (χ2n) is 6.94. The molecule has 9 nitrogen and oxygen atoms in total. The number of hydrogen-bond donors (Lipinski definition) is 5. The van der Waals surface area contributed by atoms with Gasteiger partial charge in [0.1, 0.15) is 5.75 Å². The number of phenols is 1. The maximum Gasteiger partial charge on any atom is 1.00 e. The number of aromatic hydroxyl groups is 1. The fourth-order valence-electron chi connectivity index (χ4n) is 3.12. The first-order valence-electron chi connectivity index (χ1n) is 9.51. The number of carboxylic acid groups (broad SMARTS) is 1. The molecule has 6 N–H and O–H groups in total. The first-order chi connectivity index (χ1) is 15.2. The van der Waals surface area contributed by atoms with Crippen LogP contribution in [0.4, 0.5) is 11.4 Å². The van der Waals surface area contributed by atoms with Crippen LogP contribution in [0, 0.1) is 5.41 Å². The Labute approximate surface area is 213 Å². The molecule has 11 heteroatoms. The number of carboxylic acids is 1. The Hall–Kier alpha value is -3.05. The minimum absolute atomic E-state index is 0. The Bertz CT molecular complexity index is 1280. The zero-order valence-electron chi connectivity index (χ0n) is 17.8. The standard InChI is InChI=1S/C22H22N4O5S.Na/c23-22(24)25-16-6-3-8-18(13-16)32(30,31)26-17-7-1-5-15(12-17)19-9-2-4-14(21(19)29)10-11-20(27)28;/h1-9,12-13,26,29H,10-11H2,(H,27,28)(H4,23,24,25);/q;+1/p-1. The van der Waals surface area contributed by atoms with Gasteiger partial charge in [-0.1, -0.05) is 36.4 Å². The smallest absolute Gasteiger partial charge is 0.550 e. The molecular weight excluding hydrogens is 455 g/mol. The van der Waals surface area contributed by atoms with Crippen LogP contribution in [-0.4, -0.2) is 25.5 Å². The number of rotatable bonds is 8. The quantitative estimate of drug-likeness (QED) is 0.155. The van der Waals surface area contributed by atoms with E-state index in [0.29, 0.717) is 22.4 Å². The minimum Gasteiger partial charge on any atom is -0.550 e. The number of aryl methyl sites for hydroxylation is 1. The Morgan fingerprint density at radius 2 is 1.70 bits per heavy atom. The molecule has 0 atom stereocenters. The summed E-state index contributed by atoms with van der Waals surface area (Å²) in [6.45, 7) is 0. The maximum atomic E-state index is 12.8. The summed E-state index contributed by atoms with van der Waals surface area (Å²) < 4.78 is 28.1. The van der Waals surface area contributed by atoms with Gasteiger partial charge >= 0.3 is 29.6 Å². The third kappa shape index (κ3) is 6.96. The van der Waals surface area contributed by atoms with Crippen LogP contribution in [0.3, 0.4) is 0 Å². The summed E-state index contributed by atoms with van der Waals surface area (Å²) in [6, 6.07) is 17.3. The molecule has 166 valence electrons. The predicted molar refractivity (Wildman–Crippen MR) is 120 cm³/mol. The van der Waals surface area contributed by atoms with Crippen molar-refractivity contribution in [2.45, 2.75) is 17.7 Å². The number of carbonyl (C=O) groups excluding carboxylic acids is 1. The first-order valence-corrected chi connectivity index (χ1v) is 11.0. The van der Waals surface area contributed by atoms with E-state index in [1.54, 1.807) is 48.5 Å². The molecule has 0 fully saturated rings. The largest absolute Gasteiger partial charge is 1.00 e. The molecule has 0 aliphatic rings. The number of sulfonamides is 1. The Balaban J connectivity index is 0.00000385. The first kappa shape index (κ1) is 26.2. The van der Waals surface area contributed by atoms with E-state index < -0.39 is 16.0 Å². The average molecular weight is 476 g/mol. The summed E-state index contributed by atoms with van der Waals surface area (Å²) in [5.74, 6) is -1.60. The Kier molecular flexibility index (Phi) is 8.89. The van der Waals surface area contributed by atoms with E-state index in [4.69, 9.17) is 11.1 Å². The van der Waals surface area contributed by atoms with Gasteiger partial charge in [0.2, 0.25) is 0 Å². The molecule has 0 amide bonds. The molecule has 0 aliphatic carbocycles. The molecule has 0 saturated heterocycles. The van der Waals surface area contributed by atoms with Crippen LogP contribution < -0.4 is 50.4 Å². The van der Waals surface area contributed by atoms with Crippen LogP contribution >= 0.6 is 0 Å². The van der Waals surface area contributed by atoms with E-state index in [1.165, 1.54) is 18.2 Å². The number of para-hydroxylation sites is 1. The van der Waals surface area contributed by atoms with Gasteiger partial charge in [-0.3, -0.25) is 10.1 Å². The van der Waals surface area contributed by atoms with E-state index in [-0.39, 0.29) is 64.7 Å². The van der Waals surface area contributed by atoms with Crippen LogP contribution in [0.25, 0.3) is 11.1 Å². The van der Waals surface area contributed by atoms with Crippen molar-refractivity contribution in [3.05, 3.63) is 72.3 Å². The topological polar surface area (TPSA) is 168 Å². The summed E-state index contributed by atoms with van der Waals surface area (Å²) in [7, 11) is -3.94. The Morgan fingerprint density at radius 1 is 1.03 bits per heavy atom. The second-order valence-corrected chi connectivity index (χ2v) is 8.62. The zero-order valence-corrected chi connectivity index (χ0v) is 20.6. The molecule has 3 aromatic carbocycles. The summed E-state index contributed by atoms with van der Waals surface area (Å²) >= 11 is 0. The van der Waals surface area contributed by atoms with Crippen LogP contribution in [-0.2, 0) is 21.2 Å². The summed E-state index contributed by atoms with van der Waals surface area (Å²) in [4.78, 5) is 10.7. The van der Waals surface area contributed by atoms with Gasteiger partial charge in [0.25, 0.3) is 10.0 Å². The van der Waals surface area contributed by atoms with Crippen molar-refractivity contribution in [3.63, 3.8) is 0 Å². The molecular formula is C22H21N4NaO5S. The molecule has 3 rings (SSSR count). The third-order valence-electron chi connectivity index (χ3n) is 4.57. The van der Waals surface area contributed by atoms with Gasteiger partial charge in [-0.05, 0) is 54.3 Å². The van der Waals surface area contributed by atoms with Crippen molar-refractivity contribution in [2.75, 3.05) is 10.0 Å². The number of phenolic OH excluding ortho intramolecular Hbond substituents is 1. The molecule has 0 bridgehead atoms. The summed E-state index contributed by atoms with van der Waals surface area (Å²) in [5.41, 5.74) is 7.35. The minimum atomic E-state index is -3.94. The normalized spacial score (nSPS) is 10.7. The van der Waals surface area contributed by atoms with Crippen LogP contribution in [0.5, 0.6) is 5.75 Å². The molecule has 0 unspecified atom stereocenters. The van der Waals surface area contributed by atoms with Gasteiger partial charge in [-0.15, -0.1) is 0 Å². The fraction of sp³-hybridized carbons (Fsp3) is 0.0909. The van der Waals surface area contributed by atoms with Gasteiger partial charge < -0.3 is 26.1 Å². The fourth-order valence-corrected chi connectivity index (χ4v) is 4.22. The molecule has 0 aromatic heterocycles. The van der Waals surface area contributed by atoms with Crippen molar-refractivity contribution in [3.8, 4) is 16.9 Å². The van der Waals surface area contributed by atoms with E-state index in [0.717, 1.165) is 0 Å². The van der Waals surface area contributed by atoms with Crippen molar-refractivity contribution in [2.24, 2.45) is 5.73 Å². The number of guanidine groups is 1. The average Bonchev–Trinajstić information content (AvgIpc) is 2.72. The second kappa shape index (κ2) is 11.2. The number of hydrogen-bond acceptors (Lipinski definition) is 6. The number of nitrogens with two attached hydrogens (primary N) is 1. The van der Waals surface area contributed by atoms with E-state index >= 15 is 0 Å². The molecule has 0 radical (unpaired) electrons. The molecule has 33 heavy (non-hydrogen) atoms. The number of nitrogens with one attached hydrogen (secondary N) is 3. The van der Waals surface area contributed by atoms with Gasteiger partial charge in [0.15, 0.2) is 5.96 Å². The zero-order chi connectivity index (χ0) is 23.3. The molecule has 0 spiro atoms. The van der Waals surface area contributed by atoms with E-state index in [2.05, 4.69) is 10.0 Å². The predicted octanol–water partition coefficient (Wildman–Crippen LogP) is -1.15. The van der Waals surface area contributed by atoms with Gasteiger partial charge in [0.05, 0.1) is 4.90 Å². The Morgan fingerprint density at radius 3 is 2.39 bits per heavy atom. The SMILES string of the molecule is N=C(N)Nc1cccc(S(=O)(=O)Nc2cccc(-c3cccc(CCC(=O)[O-])c3O)c2)c1.[Na+]. The van der Waals surface area contributed by atoms with Crippen molar-refractivity contribution >= 4 is 33.3 Å². The van der Waals surface area contributed by atoms with Crippen LogP contribution in [0.15, 0.2) is 71.6 Å². The molecule has 0 saturated carbocycles. The van der Waals surface area contributed by atoms with Gasteiger partial charge in [-0.2, -0.15) is 0 Å². The van der Waals surface area contributed by atoms with Crippen molar-refractivity contribution < 1.29 is 53.0 Å². The van der Waals surface area contributed by atoms with E-state index in [1.807, 2.05) is 0 Å². The third-order valence-corrected chi connectivity index (χ3v) is 5.95. The summed E-state index contributed by atoms with van der Waals surface area (Å²) in [6.07, 6.45) is -0.118. The van der Waals surface area contributed by atoms with Crippen LogP contribution in [0.2, 0.25) is 0 Å². The van der Waals surface area contributed by atoms with Crippen molar-refractivity contribution in [1.29, 1.82) is 5.41 Å². The monoisotopic (exact) mass is 476 g/mol. The van der Waals surface area contributed by atoms with Crippen molar-refractivity contribution in [1.82, 2.24) is 0 Å². The number of carbonyl (C=O) groups is 1. The number of benzene rings is 3. The van der Waals surface area contributed by atoms with Gasteiger partial charge in [0, 0.05) is 22.9 Å². The maximum absolute atomic E-state index is 12.8. The van der Waals surface area contributed by atoms with E-state index in [9.17, 15) is 23.4 Å². The van der Waals surface area contributed by atoms with Crippen LogP contribution in [0.1, 0.15) is 12.0 Å². The number of aliphatic carboxylic acids is 1. The molecule has 0 aliphatic heterocycles.